The van der Waals surface area contributed by atoms with E-state index in [0.717, 1.165) is 18.6 Å². The Labute approximate surface area is 98.8 Å². The third-order valence-electron chi connectivity index (χ3n) is 3.66. The molecule has 0 aromatic carbocycles. The lowest BCUT2D eigenvalue weighted by Gasteiger charge is -2.15. The Hall–Kier alpha value is -1.69. The zero-order valence-electron chi connectivity index (χ0n) is 9.92. The molecule has 2 heterocycles. The molecule has 6 heteroatoms. The van der Waals surface area contributed by atoms with E-state index >= 15 is 0 Å². The van der Waals surface area contributed by atoms with E-state index < -0.39 is 0 Å². The highest BCUT2D eigenvalue weighted by Gasteiger charge is 2.52. The molecule has 0 saturated heterocycles. The van der Waals surface area contributed by atoms with Crippen molar-refractivity contribution in [3.63, 3.8) is 0 Å². The number of nitrogens with zero attached hydrogens (tertiary/aromatic N) is 4. The highest BCUT2D eigenvalue weighted by molar-refractivity contribution is 5.81. The van der Waals surface area contributed by atoms with Crippen molar-refractivity contribution in [2.75, 3.05) is 12.8 Å². The summed E-state index contributed by atoms with van der Waals surface area (Å²) in [5, 5.41) is 0. The smallest absolute Gasteiger partial charge is 0.165 e. The van der Waals surface area contributed by atoms with Crippen LogP contribution in [0.15, 0.2) is 12.7 Å². The lowest BCUT2D eigenvalue weighted by Crippen LogP contribution is -2.22. The molecule has 1 aliphatic carbocycles. The van der Waals surface area contributed by atoms with Crippen LogP contribution in [0.2, 0.25) is 0 Å². The van der Waals surface area contributed by atoms with E-state index in [4.69, 9.17) is 10.5 Å². The van der Waals surface area contributed by atoms with Gasteiger partial charge in [-0.15, -0.1) is 0 Å². The van der Waals surface area contributed by atoms with Gasteiger partial charge < -0.3 is 15.0 Å². The maximum Gasteiger partial charge on any atom is 0.165 e. The molecule has 1 saturated carbocycles. The van der Waals surface area contributed by atoms with Gasteiger partial charge >= 0.3 is 0 Å². The fourth-order valence-electron chi connectivity index (χ4n) is 2.33. The van der Waals surface area contributed by atoms with Crippen molar-refractivity contribution in [3.05, 3.63) is 12.7 Å². The molecule has 2 unspecified atom stereocenters. The molecule has 0 aliphatic heterocycles. The fourth-order valence-corrected chi connectivity index (χ4v) is 2.33. The molecule has 0 radical (unpaired) electrons. The van der Waals surface area contributed by atoms with Crippen molar-refractivity contribution in [1.82, 2.24) is 19.5 Å². The van der Waals surface area contributed by atoms with Gasteiger partial charge in [-0.25, -0.2) is 15.0 Å². The maximum absolute atomic E-state index is 5.75. The van der Waals surface area contributed by atoms with Crippen LogP contribution >= 0.6 is 0 Å². The van der Waals surface area contributed by atoms with Crippen molar-refractivity contribution >= 4 is 17.0 Å². The van der Waals surface area contributed by atoms with Crippen LogP contribution in [0.1, 0.15) is 13.3 Å². The molecule has 1 fully saturated rings. The number of anilines is 1. The molecule has 2 aromatic rings. The topological polar surface area (TPSA) is 78.9 Å². The Morgan fingerprint density at radius 1 is 1.53 bits per heavy atom. The molecule has 3 rings (SSSR count). The molecule has 0 amide bonds. The van der Waals surface area contributed by atoms with Gasteiger partial charge in [-0.1, -0.05) is 6.92 Å². The summed E-state index contributed by atoms with van der Waals surface area (Å²) in [4.78, 5) is 12.4. The van der Waals surface area contributed by atoms with E-state index in [1.165, 1.54) is 6.33 Å². The summed E-state index contributed by atoms with van der Waals surface area (Å²) >= 11 is 0. The molecule has 1 aliphatic rings. The SMILES string of the molecule is COC1(Cn2cnc3c(N)ncnc32)CC1C. The monoisotopic (exact) mass is 233 g/mol. The van der Waals surface area contributed by atoms with Gasteiger partial charge in [0.05, 0.1) is 18.5 Å². The van der Waals surface area contributed by atoms with Crippen molar-refractivity contribution in [2.45, 2.75) is 25.5 Å². The summed E-state index contributed by atoms with van der Waals surface area (Å²) in [6, 6.07) is 0. The van der Waals surface area contributed by atoms with E-state index in [1.54, 1.807) is 13.4 Å². The molecular formula is C11H15N5O. The van der Waals surface area contributed by atoms with E-state index in [2.05, 4.69) is 21.9 Å². The van der Waals surface area contributed by atoms with E-state index in [1.807, 2.05) is 4.57 Å². The van der Waals surface area contributed by atoms with Crippen LogP contribution < -0.4 is 5.73 Å². The first-order valence-electron chi connectivity index (χ1n) is 5.63. The van der Waals surface area contributed by atoms with Crippen molar-refractivity contribution in [2.24, 2.45) is 5.92 Å². The molecular weight excluding hydrogens is 218 g/mol. The normalized spacial score (nSPS) is 27.5. The number of nitrogen functional groups attached to an aromatic ring is 1. The Morgan fingerprint density at radius 2 is 2.29 bits per heavy atom. The van der Waals surface area contributed by atoms with Crippen molar-refractivity contribution < 1.29 is 4.74 Å². The van der Waals surface area contributed by atoms with Gasteiger partial charge in [0, 0.05) is 7.11 Å². The number of imidazole rings is 1. The van der Waals surface area contributed by atoms with E-state index in [9.17, 15) is 0 Å². The number of rotatable bonds is 3. The first-order valence-corrected chi connectivity index (χ1v) is 5.63. The highest BCUT2D eigenvalue weighted by Crippen LogP contribution is 2.47. The van der Waals surface area contributed by atoms with Gasteiger partial charge in [-0.3, -0.25) is 0 Å². The summed E-state index contributed by atoms with van der Waals surface area (Å²) in [5.41, 5.74) is 7.12. The van der Waals surface area contributed by atoms with Crippen molar-refractivity contribution in [3.8, 4) is 0 Å². The minimum atomic E-state index is -0.0622. The van der Waals surface area contributed by atoms with Crippen molar-refractivity contribution in [1.29, 1.82) is 0 Å². The van der Waals surface area contributed by atoms with Gasteiger partial charge in [0.25, 0.3) is 0 Å². The van der Waals surface area contributed by atoms with Crippen LogP contribution in [-0.4, -0.2) is 32.2 Å². The number of methoxy groups -OCH3 is 1. The molecule has 0 bridgehead atoms. The van der Waals surface area contributed by atoms with Crippen LogP contribution in [-0.2, 0) is 11.3 Å². The third kappa shape index (κ3) is 1.48. The first-order chi connectivity index (χ1) is 8.16. The molecule has 2 aromatic heterocycles. The average molecular weight is 233 g/mol. The average Bonchev–Trinajstić information content (AvgIpc) is 2.78. The third-order valence-corrected chi connectivity index (χ3v) is 3.66. The Balaban J connectivity index is 1.99. The molecule has 90 valence electrons. The summed E-state index contributed by atoms with van der Waals surface area (Å²) in [6.45, 7) is 2.95. The summed E-state index contributed by atoms with van der Waals surface area (Å²) in [5.74, 6) is 0.994. The van der Waals surface area contributed by atoms with E-state index in [-0.39, 0.29) is 5.60 Å². The number of hydrogen-bond acceptors (Lipinski definition) is 5. The zero-order chi connectivity index (χ0) is 12.0. The van der Waals surface area contributed by atoms with Crippen LogP contribution in [0, 0.1) is 5.92 Å². The predicted octanol–water partition coefficient (Wildman–Crippen LogP) is 0.833. The Bertz CT molecular complexity index is 562. The summed E-state index contributed by atoms with van der Waals surface area (Å²) in [7, 11) is 1.76. The number of ether oxygens (including phenoxy) is 1. The molecule has 17 heavy (non-hydrogen) atoms. The van der Waals surface area contributed by atoms with E-state index in [0.29, 0.717) is 17.3 Å². The largest absolute Gasteiger partial charge is 0.382 e. The van der Waals surface area contributed by atoms with Gasteiger partial charge in [-0.05, 0) is 12.3 Å². The summed E-state index contributed by atoms with van der Waals surface area (Å²) < 4.78 is 7.58. The van der Waals surface area contributed by atoms with Gasteiger partial charge in [0.2, 0.25) is 0 Å². The lowest BCUT2D eigenvalue weighted by atomic mass is 10.2. The maximum atomic E-state index is 5.75. The fraction of sp³-hybridized carbons (Fsp3) is 0.545. The Kier molecular flexibility index (Phi) is 2.09. The van der Waals surface area contributed by atoms with Gasteiger partial charge in [0.1, 0.15) is 11.8 Å². The number of fused-ring (bicyclic) bond motifs is 1. The molecule has 0 spiro atoms. The summed E-state index contributed by atoms with van der Waals surface area (Å²) in [6.07, 6.45) is 4.29. The minimum Gasteiger partial charge on any atom is -0.382 e. The lowest BCUT2D eigenvalue weighted by molar-refractivity contribution is 0.0535. The second-order valence-corrected chi connectivity index (χ2v) is 4.68. The Morgan fingerprint density at radius 3 is 2.94 bits per heavy atom. The minimum absolute atomic E-state index is 0.0622. The van der Waals surface area contributed by atoms with Crippen LogP contribution in [0.4, 0.5) is 5.82 Å². The molecule has 6 nitrogen and oxygen atoms in total. The molecule has 2 atom stereocenters. The van der Waals surface area contributed by atoms with Gasteiger partial charge in [0.15, 0.2) is 11.5 Å². The van der Waals surface area contributed by atoms with Crippen LogP contribution in [0.5, 0.6) is 0 Å². The number of nitrogens with two attached hydrogens (primary N) is 1. The van der Waals surface area contributed by atoms with Crippen LogP contribution in [0.3, 0.4) is 0 Å². The quantitative estimate of drug-likeness (QED) is 0.849. The predicted molar refractivity (Wildman–Crippen MR) is 63.3 cm³/mol. The first kappa shape index (κ1) is 10.5. The standard InChI is InChI=1S/C11H15N5O/c1-7-3-11(7,17-2)4-16-6-15-8-9(12)13-5-14-10(8)16/h5-7H,3-4H2,1-2H3,(H2,12,13,14). The van der Waals surface area contributed by atoms with Crippen LogP contribution in [0.25, 0.3) is 11.2 Å². The second kappa shape index (κ2) is 3.40. The molecule has 2 N–H and O–H groups in total. The highest BCUT2D eigenvalue weighted by atomic mass is 16.5. The number of aromatic nitrogens is 4. The zero-order valence-corrected chi connectivity index (χ0v) is 9.92. The second-order valence-electron chi connectivity index (χ2n) is 4.68. The number of hydrogen-bond donors (Lipinski definition) is 1. The van der Waals surface area contributed by atoms with Gasteiger partial charge in [-0.2, -0.15) is 0 Å².